The molecule has 0 radical (unpaired) electrons. The van der Waals surface area contributed by atoms with Crippen LogP contribution in [0.1, 0.15) is 11.7 Å². The molecule has 1 fully saturated rings. The molecule has 0 amide bonds. The van der Waals surface area contributed by atoms with Crippen molar-refractivity contribution in [3.63, 3.8) is 0 Å². The average Bonchev–Trinajstić information content (AvgIpc) is 3.35. The number of hydrogen-bond donors (Lipinski definition) is 0. The second-order valence-corrected chi connectivity index (χ2v) is 9.09. The minimum absolute atomic E-state index is 0.0597. The quantitative estimate of drug-likeness (QED) is 0.463. The summed E-state index contributed by atoms with van der Waals surface area (Å²) in [6.45, 7) is 0.967. The van der Waals surface area contributed by atoms with E-state index in [1.165, 1.54) is 4.31 Å². The first-order valence-corrected chi connectivity index (χ1v) is 11.1. The van der Waals surface area contributed by atoms with Gasteiger partial charge in [-0.05, 0) is 24.3 Å². The molecule has 3 heterocycles. The van der Waals surface area contributed by atoms with E-state index in [4.69, 9.17) is 4.74 Å². The Hall–Kier alpha value is -2.89. The van der Waals surface area contributed by atoms with Crippen LogP contribution >= 0.6 is 11.7 Å². The lowest BCUT2D eigenvalue weighted by molar-refractivity contribution is 0.189. The van der Waals surface area contributed by atoms with E-state index in [-0.39, 0.29) is 10.9 Å². The van der Waals surface area contributed by atoms with Crippen molar-refractivity contribution >= 4 is 32.8 Å². The van der Waals surface area contributed by atoms with Gasteiger partial charge in [0.05, 0.1) is 24.0 Å². The van der Waals surface area contributed by atoms with Gasteiger partial charge in [-0.3, -0.25) is 0 Å². The number of para-hydroxylation sites is 1. The molecule has 1 aliphatic rings. The Kier molecular flexibility index (Phi) is 4.49. The molecule has 0 aliphatic carbocycles. The predicted octanol–water partition coefficient (Wildman–Crippen LogP) is 2.11. The number of benzene rings is 2. The van der Waals surface area contributed by atoms with Crippen LogP contribution in [0.2, 0.25) is 0 Å². The molecule has 0 atom stereocenters. The minimum Gasteiger partial charge on any atom is -0.487 e. The summed E-state index contributed by atoms with van der Waals surface area (Å²) in [6, 6.07) is 14.4. The van der Waals surface area contributed by atoms with Crippen molar-refractivity contribution in [2.24, 2.45) is 0 Å². The standard InChI is InChI=1S/C18H16N6O3S2/c25-29(26,17-8-4-7-16-18(17)21-28-20-16)23-10-14(11-23)24-9-13(19-22-24)12-27-15-5-2-1-3-6-15/h1-9,14H,10-12H2. The van der Waals surface area contributed by atoms with Crippen molar-refractivity contribution in [3.8, 4) is 5.75 Å². The van der Waals surface area contributed by atoms with E-state index in [1.807, 2.05) is 30.3 Å². The molecule has 0 N–H and O–H groups in total. The van der Waals surface area contributed by atoms with E-state index in [2.05, 4.69) is 19.1 Å². The van der Waals surface area contributed by atoms with Crippen LogP contribution in [0.5, 0.6) is 5.75 Å². The third-order valence-corrected chi connectivity index (χ3v) is 7.16. The summed E-state index contributed by atoms with van der Waals surface area (Å²) < 4.78 is 43.0. The highest BCUT2D eigenvalue weighted by molar-refractivity contribution is 7.89. The molecule has 0 bridgehead atoms. The number of fused-ring (bicyclic) bond motifs is 1. The van der Waals surface area contributed by atoms with E-state index < -0.39 is 10.0 Å². The number of aromatic nitrogens is 5. The zero-order chi connectivity index (χ0) is 19.8. The molecule has 0 spiro atoms. The molecular formula is C18H16N6O3S2. The van der Waals surface area contributed by atoms with E-state index in [0.29, 0.717) is 36.4 Å². The molecule has 2 aromatic carbocycles. The summed E-state index contributed by atoms with van der Waals surface area (Å²) in [6.07, 6.45) is 1.79. The summed E-state index contributed by atoms with van der Waals surface area (Å²) in [5.74, 6) is 0.758. The van der Waals surface area contributed by atoms with Crippen LogP contribution in [-0.4, -0.2) is 49.6 Å². The first-order chi connectivity index (χ1) is 14.1. The van der Waals surface area contributed by atoms with Crippen molar-refractivity contribution in [1.29, 1.82) is 0 Å². The lowest BCUT2D eigenvalue weighted by atomic mass is 10.2. The first kappa shape index (κ1) is 18.2. The van der Waals surface area contributed by atoms with Crippen LogP contribution in [-0.2, 0) is 16.6 Å². The first-order valence-electron chi connectivity index (χ1n) is 8.91. The summed E-state index contributed by atoms with van der Waals surface area (Å²) >= 11 is 1.01. The van der Waals surface area contributed by atoms with Gasteiger partial charge in [0.25, 0.3) is 0 Å². The normalized spacial score (nSPS) is 15.4. The number of nitrogens with zero attached hydrogens (tertiary/aromatic N) is 6. The Morgan fingerprint density at radius 3 is 2.72 bits per heavy atom. The molecule has 9 nitrogen and oxygen atoms in total. The average molecular weight is 428 g/mol. The highest BCUT2D eigenvalue weighted by Crippen LogP contribution is 2.31. The lowest BCUT2D eigenvalue weighted by Crippen LogP contribution is -2.50. The maximum Gasteiger partial charge on any atom is 0.245 e. The fraction of sp³-hybridized carbons (Fsp3) is 0.222. The number of rotatable bonds is 6. The van der Waals surface area contributed by atoms with Gasteiger partial charge in [-0.25, -0.2) is 13.1 Å². The van der Waals surface area contributed by atoms with Crippen LogP contribution in [0.3, 0.4) is 0 Å². The van der Waals surface area contributed by atoms with Crippen molar-refractivity contribution in [1.82, 2.24) is 28.0 Å². The van der Waals surface area contributed by atoms with E-state index >= 15 is 0 Å². The number of ether oxygens (including phenoxy) is 1. The molecular weight excluding hydrogens is 412 g/mol. The SMILES string of the molecule is O=S(=O)(c1cccc2nsnc12)N1CC(n2cc(COc3ccccc3)nn2)C1. The summed E-state index contributed by atoms with van der Waals surface area (Å²) in [5, 5.41) is 8.24. The molecule has 0 unspecified atom stereocenters. The fourth-order valence-electron chi connectivity index (χ4n) is 3.14. The third-order valence-electron chi connectivity index (χ3n) is 4.76. The van der Waals surface area contributed by atoms with Crippen LogP contribution < -0.4 is 4.74 Å². The Bertz CT molecular complexity index is 1250. The lowest BCUT2D eigenvalue weighted by Gasteiger charge is -2.37. The van der Waals surface area contributed by atoms with E-state index in [1.54, 1.807) is 29.1 Å². The predicted molar refractivity (Wildman–Crippen MR) is 106 cm³/mol. The van der Waals surface area contributed by atoms with Crippen molar-refractivity contribution in [2.45, 2.75) is 17.5 Å². The Labute approximate surface area is 170 Å². The summed E-state index contributed by atoms with van der Waals surface area (Å²) in [5.41, 5.74) is 1.70. The molecule has 29 heavy (non-hydrogen) atoms. The van der Waals surface area contributed by atoms with Crippen LogP contribution in [0, 0.1) is 0 Å². The fourth-order valence-corrected chi connectivity index (χ4v) is 5.41. The number of hydrogen-bond acceptors (Lipinski definition) is 8. The molecule has 0 saturated carbocycles. The van der Waals surface area contributed by atoms with Crippen molar-refractivity contribution in [3.05, 3.63) is 60.4 Å². The summed E-state index contributed by atoms with van der Waals surface area (Å²) in [4.78, 5) is 0.192. The topological polar surface area (TPSA) is 103 Å². The third kappa shape index (κ3) is 3.37. The molecule has 2 aromatic heterocycles. The van der Waals surface area contributed by atoms with Gasteiger partial charge in [-0.2, -0.15) is 13.1 Å². The van der Waals surface area contributed by atoms with Gasteiger partial charge in [-0.1, -0.05) is 29.5 Å². The zero-order valence-electron chi connectivity index (χ0n) is 15.1. The Balaban J connectivity index is 1.25. The second-order valence-electron chi connectivity index (χ2n) is 6.66. The van der Waals surface area contributed by atoms with Crippen LogP contribution in [0.4, 0.5) is 0 Å². The maximum atomic E-state index is 13.0. The van der Waals surface area contributed by atoms with Gasteiger partial charge in [0, 0.05) is 13.1 Å². The van der Waals surface area contributed by atoms with Gasteiger partial charge in [0.1, 0.15) is 34.0 Å². The largest absolute Gasteiger partial charge is 0.487 e. The van der Waals surface area contributed by atoms with E-state index in [0.717, 1.165) is 17.5 Å². The highest BCUT2D eigenvalue weighted by Gasteiger charge is 2.39. The van der Waals surface area contributed by atoms with Crippen LogP contribution in [0.15, 0.2) is 59.6 Å². The Morgan fingerprint density at radius 1 is 1.07 bits per heavy atom. The molecule has 11 heteroatoms. The Morgan fingerprint density at radius 2 is 1.90 bits per heavy atom. The molecule has 4 aromatic rings. The van der Waals surface area contributed by atoms with Gasteiger partial charge in [0.2, 0.25) is 10.0 Å². The highest BCUT2D eigenvalue weighted by atomic mass is 32.2. The molecule has 1 saturated heterocycles. The molecule has 5 rings (SSSR count). The van der Waals surface area contributed by atoms with Gasteiger partial charge in [0.15, 0.2) is 0 Å². The van der Waals surface area contributed by atoms with Crippen LogP contribution in [0.25, 0.3) is 11.0 Å². The summed E-state index contributed by atoms with van der Waals surface area (Å²) in [7, 11) is -3.63. The second kappa shape index (κ2) is 7.17. The zero-order valence-corrected chi connectivity index (χ0v) is 16.8. The molecule has 1 aliphatic heterocycles. The smallest absolute Gasteiger partial charge is 0.245 e. The monoisotopic (exact) mass is 428 g/mol. The maximum absolute atomic E-state index is 13.0. The minimum atomic E-state index is -3.63. The van der Waals surface area contributed by atoms with Gasteiger partial charge < -0.3 is 4.74 Å². The van der Waals surface area contributed by atoms with Gasteiger partial charge >= 0.3 is 0 Å². The molecule has 148 valence electrons. The van der Waals surface area contributed by atoms with Crippen molar-refractivity contribution < 1.29 is 13.2 Å². The van der Waals surface area contributed by atoms with E-state index in [9.17, 15) is 8.42 Å². The number of sulfonamides is 1. The van der Waals surface area contributed by atoms with Gasteiger partial charge in [-0.15, -0.1) is 5.10 Å². The van der Waals surface area contributed by atoms with Crippen molar-refractivity contribution in [2.75, 3.05) is 13.1 Å².